The Bertz CT molecular complexity index is 391. The minimum absolute atomic E-state index is 0.666. The molecule has 4 nitrogen and oxygen atoms in total. The fourth-order valence-corrected chi connectivity index (χ4v) is 3.25. The van der Waals surface area contributed by atoms with Crippen LogP contribution in [0, 0.1) is 0 Å². The van der Waals surface area contributed by atoms with E-state index >= 15 is 0 Å². The first kappa shape index (κ1) is 13.1. The monoisotopic (exact) mass is 262 g/mol. The van der Waals surface area contributed by atoms with E-state index in [1.54, 1.807) is 0 Å². The Kier molecular flexibility index (Phi) is 4.18. The Morgan fingerprint density at radius 3 is 2.79 bits per heavy atom. The van der Waals surface area contributed by atoms with E-state index in [1.807, 2.05) is 0 Å². The maximum Gasteiger partial charge on any atom is 0.0765 e. The fourth-order valence-electron chi connectivity index (χ4n) is 3.25. The lowest BCUT2D eigenvalue weighted by Crippen LogP contribution is -2.57. The van der Waals surface area contributed by atoms with Crippen molar-refractivity contribution >= 4 is 0 Å². The van der Waals surface area contributed by atoms with Gasteiger partial charge in [-0.2, -0.15) is 5.10 Å². The zero-order chi connectivity index (χ0) is 13.1. The van der Waals surface area contributed by atoms with E-state index in [0.717, 1.165) is 25.7 Å². The smallest absolute Gasteiger partial charge is 0.0765 e. The summed E-state index contributed by atoms with van der Waals surface area (Å²) in [5.74, 6) is 0. The van der Waals surface area contributed by atoms with Crippen LogP contribution in [-0.4, -0.2) is 40.4 Å². The lowest BCUT2D eigenvalue weighted by molar-refractivity contribution is 0.136. The summed E-state index contributed by atoms with van der Waals surface area (Å²) in [5, 5.41) is 8.18. The first-order valence-electron chi connectivity index (χ1n) is 7.85. The number of rotatable bonds is 6. The zero-order valence-corrected chi connectivity index (χ0v) is 12.0. The van der Waals surface area contributed by atoms with Crippen molar-refractivity contribution in [3.8, 4) is 0 Å². The highest BCUT2D eigenvalue weighted by Crippen LogP contribution is 2.28. The summed E-state index contributed by atoms with van der Waals surface area (Å²) in [6.45, 7) is 6.74. The number of aromatic nitrogens is 2. The predicted molar refractivity (Wildman–Crippen MR) is 77.1 cm³/mol. The van der Waals surface area contributed by atoms with Crippen LogP contribution in [0.15, 0.2) is 12.3 Å². The molecule has 3 rings (SSSR count). The molecule has 0 radical (unpaired) electrons. The lowest BCUT2D eigenvalue weighted by Gasteiger charge is -2.37. The van der Waals surface area contributed by atoms with Crippen LogP contribution in [0.4, 0.5) is 0 Å². The van der Waals surface area contributed by atoms with Crippen molar-refractivity contribution in [2.75, 3.05) is 19.6 Å². The Labute approximate surface area is 116 Å². The van der Waals surface area contributed by atoms with E-state index in [0.29, 0.717) is 6.04 Å². The molecule has 2 aliphatic rings. The quantitative estimate of drug-likeness (QED) is 0.853. The molecule has 4 heteroatoms. The van der Waals surface area contributed by atoms with Gasteiger partial charge >= 0.3 is 0 Å². The summed E-state index contributed by atoms with van der Waals surface area (Å²) < 4.78 is 2.21. The molecule has 1 N–H and O–H groups in total. The average Bonchev–Trinajstić information content (AvgIpc) is 2.95. The molecule has 0 atom stereocenters. The van der Waals surface area contributed by atoms with Crippen LogP contribution in [-0.2, 0) is 6.54 Å². The normalized spacial score (nSPS) is 21.2. The van der Waals surface area contributed by atoms with Crippen LogP contribution >= 0.6 is 0 Å². The maximum absolute atomic E-state index is 4.81. The van der Waals surface area contributed by atoms with Crippen LogP contribution in [0.5, 0.6) is 0 Å². The SMILES string of the molecule is CCCN(Cc1ccn(C2CCCC2)n1)C1CNC1. The average molecular weight is 262 g/mol. The Morgan fingerprint density at radius 1 is 1.37 bits per heavy atom. The largest absolute Gasteiger partial charge is 0.314 e. The highest BCUT2D eigenvalue weighted by atomic mass is 15.3. The van der Waals surface area contributed by atoms with E-state index in [4.69, 9.17) is 5.10 Å². The van der Waals surface area contributed by atoms with Crippen molar-refractivity contribution in [3.63, 3.8) is 0 Å². The van der Waals surface area contributed by atoms with Crippen molar-refractivity contribution in [1.82, 2.24) is 20.0 Å². The standard InChI is InChI=1S/C15H26N4/c1-2-8-18(15-10-16-11-15)12-13-7-9-19(17-13)14-5-3-4-6-14/h7,9,14-16H,2-6,8,10-12H2,1H3. The molecule has 0 unspecified atom stereocenters. The second-order valence-electron chi connectivity index (χ2n) is 6.01. The number of nitrogens with one attached hydrogen (secondary N) is 1. The molecule has 1 aromatic heterocycles. The van der Waals surface area contributed by atoms with Crippen LogP contribution < -0.4 is 5.32 Å². The van der Waals surface area contributed by atoms with Gasteiger partial charge in [0.05, 0.1) is 11.7 Å². The lowest BCUT2D eigenvalue weighted by atomic mass is 10.1. The van der Waals surface area contributed by atoms with Crippen molar-refractivity contribution < 1.29 is 0 Å². The Hall–Kier alpha value is -0.870. The first-order chi connectivity index (χ1) is 9.36. The third-order valence-corrected chi connectivity index (χ3v) is 4.51. The third kappa shape index (κ3) is 3.00. The second kappa shape index (κ2) is 6.06. The van der Waals surface area contributed by atoms with Crippen molar-refractivity contribution in [1.29, 1.82) is 0 Å². The molecule has 1 saturated heterocycles. The fraction of sp³-hybridized carbons (Fsp3) is 0.800. The van der Waals surface area contributed by atoms with E-state index < -0.39 is 0 Å². The molecule has 2 heterocycles. The molecular formula is C15H26N4. The van der Waals surface area contributed by atoms with Crippen LogP contribution in [0.2, 0.25) is 0 Å². The molecule has 0 bridgehead atoms. The van der Waals surface area contributed by atoms with Crippen LogP contribution in [0.1, 0.15) is 50.8 Å². The van der Waals surface area contributed by atoms with Crippen LogP contribution in [0.25, 0.3) is 0 Å². The van der Waals surface area contributed by atoms with E-state index in [1.165, 1.54) is 44.3 Å². The topological polar surface area (TPSA) is 33.1 Å². The second-order valence-corrected chi connectivity index (χ2v) is 6.01. The first-order valence-corrected chi connectivity index (χ1v) is 7.85. The molecule has 1 aliphatic heterocycles. The molecular weight excluding hydrogens is 236 g/mol. The van der Waals surface area contributed by atoms with Crippen molar-refractivity contribution in [3.05, 3.63) is 18.0 Å². The predicted octanol–water partition coefficient (Wildman–Crippen LogP) is 2.18. The molecule has 106 valence electrons. The summed E-state index contributed by atoms with van der Waals surface area (Å²) in [4.78, 5) is 2.58. The summed E-state index contributed by atoms with van der Waals surface area (Å²) in [6.07, 6.45) is 8.78. The number of hydrogen-bond donors (Lipinski definition) is 1. The Morgan fingerprint density at radius 2 is 2.16 bits per heavy atom. The molecule has 1 aliphatic carbocycles. The van der Waals surface area contributed by atoms with Gasteiger partial charge in [-0.3, -0.25) is 9.58 Å². The minimum Gasteiger partial charge on any atom is -0.314 e. The molecule has 0 aromatic carbocycles. The van der Waals surface area contributed by atoms with Gasteiger partial charge in [-0.25, -0.2) is 0 Å². The van der Waals surface area contributed by atoms with Gasteiger partial charge in [0.1, 0.15) is 0 Å². The van der Waals surface area contributed by atoms with E-state index in [9.17, 15) is 0 Å². The molecule has 2 fully saturated rings. The van der Waals surface area contributed by atoms with Gasteiger partial charge in [0.25, 0.3) is 0 Å². The van der Waals surface area contributed by atoms with Gasteiger partial charge in [0, 0.05) is 31.9 Å². The molecule has 19 heavy (non-hydrogen) atoms. The zero-order valence-electron chi connectivity index (χ0n) is 12.0. The van der Waals surface area contributed by atoms with Gasteiger partial charge in [0.2, 0.25) is 0 Å². The van der Waals surface area contributed by atoms with Crippen LogP contribution in [0.3, 0.4) is 0 Å². The van der Waals surface area contributed by atoms with E-state index in [-0.39, 0.29) is 0 Å². The van der Waals surface area contributed by atoms with E-state index in [2.05, 4.69) is 34.1 Å². The summed E-state index contributed by atoms with van der Waals surface area (Å²) in [7, 11) is 0. The molecule has 0 amide bonds. The van der Waals surface area contributed by atoms with Gasteiger partial charge < -0.3 is 5.32 Å². The van der Waals surface area contributed by atoms with Gasteiger partial charge in [-0.15, -0.1) is 0 Å². The highest BCUT2D eigenvalue weighted by Gasteiger charge is 2.25. The molecule has 1 aromatic rings. The molecule has 1 saturated carbocycles. The van der Waals surface area contributed by atoms with Gasteiger partial charge in [-0.05, 0) is 31.9 Å². The summed E-state index contributed by atoms with van der Waals surface area (Å²) in [6, 6.07) is 3.60. The minimum atomic E-state index is 0.666. The highest BCUT2D eigenvalue weighted by molar-refractivity contribution is 5.01. The number of nitrogens with zero attached hydrogens (tertiary/aromatic N) is 3. The summed E-state index contributed by atoms with van der Waals surface area (Å²) >= 11 is 0. The van der Waals surface area contributed by atoms with Gasteiger partial charge in [-0.1, -0.05) is 19.8 Å². The van der Waals surface area contributed by atoms with Crippen molar-refractivity contribution in [2.24, 2.45) is 0 Å². The Balaban J connectivity index is 1.61. The third-order valence-electron chi connectivity index (χ3n) is 4.51. The van der Waals surface area contributed by atoms with Crippen molar-refractivity contribution in [2.45, 2.75) is 57.7 Å². The van der Waals surface area contributed by atoms with Gasteiger partial charge in [0.15, 0.2) is 0 Å². The summed E-state index contributed by atoms with van der Waals surface area (Å²) in [5.41, 5.74) is 1.24. The maximum atomic E-state index is 4.81. The number of hydrogen-bond acceptors (Lipinski definition) is 3. The molecule has 0 spiro atoms.